The van der Waals surface area contributed by atoms with E-state index in [1.54, 1.807) is 12.4 Å². The zero-order valence-electron chi connectivity index (χ0n) is 11.5. The number of fused-ring (bicyclic) bond motifs is 3. The van der Waals surface area contributed by atoms with Crippen molar-refractivity contribution in [2.75, 3.05) is 0 Å². The molecule has 22 heavy (non-hydrogen) atoms. The van der Waals surface area contributed by atoms with Gasteiger partial charge in [0.05, 0.1) is 6.20 Å². The van der Waals surface area contributed by atoms with Gasteiger partial charge >= 0.3 is 0 Å². The Bertz CT molecular complexity index is 1030. The van der Waals surface area contributed by atoms with Gasteiger partial charge in [0.25, 0.3) is 0 Å². The maximum atomic E-state index is 13.9. The summed E-state index contributed by atoms with van der Waals surface area (Å²) >= 11 is 5.76. The predicted molar refractivity (Wildman–Crippen MR) is 81.2 cm³/mol. The van der Waals surface area contributed by atoms with Gasteiger partial charge in [0, 0.05) is 16.6 Å². The first kappa shape index (κ1) is 13.1. The molecule has 0 fully saturated rings. The second-order valence-electron chi connectivity index (χ2n) is 4.95. The molecular formula is C15H9ClFN5. The van der Waals surface area contributed by atoms with Gasteiger partial charge in [-0.1, -0.05) is 6.07 Å². The molecule has 0 amide bonds. The lowest BCUT2D eigenvalue weighted by atomic mass is 10.0. The molecule has 4 rings (SSSR count). The second kappa shape index (κ2) is 4.71. The van der Waals surface area contributed by atoms with Crippen LogP contribution in [0.25, 0.3) is 27.7 Å². The number of halogens is 2. The predicted octanol–water partition coefficient (Wildman–Crippen LogP) is 3.44. The summed E-state index contributed by atoms with van der Waals surface area (Å²) in [6, 6.07) is 7.52. The van der Waals surface area contributed by atoms with Crippen LogP contribution >= 0.6 is 11.6 Å². The zero-order chi connectivity index (χ0) is 15.3. The number of nitrogens with zero attached hydrogens (tertiary/aromatic N) is 5. The molecule has 0 spiro atoms. The molecule has 0 bridgehead atoms. The fourth-order valence-electron chi connectivity index (χ4n) is 2.55. The summed E-state index contributed by atoms with van der Waals surface area (Å²) in [6.07, 6.45) is 2.74. The summed E-state index contributed by atoms with van der Waals surface area (Å²) in [5.74, 6) is -0.510. The maximum Gasteiger partial charge on any atom is 0.223 e. The maximum absolute atomic E-state index is 13.9. The van der Waals surface area contributed by atoms with Crippen molar-refractivity contribution in [2.24, 2.45) is 0 Å². The highest BCUT2D eigenvalue weighted by Gasteiger charge is 2.11. The highest BCUT2D eigenvalue weighted by atomic mass is 35.5. The normalized spacial score (nSPS) is 11.4. The lowest BCUT2D eigenvalue weighted by molar-refractivity contribution is 0.618. The smallest absolute Gasteiger partial charge is 0.223 e. The van der Waals surface area contributed by atoms with Crippen LogP contribution in [-0.4, -0.2) is 24.6 Å². The van der Waals surface area contributed by atoms with Crippen molar-refractivity contribution in [1.29, 1.82) is 0 Å². The number of aromatic nitrogens is 5. The van der Waals surface area contributed by atoms with Gasteiger partial charge in [-0.05, 0) is 42.1 Å². The number of benzene rings is 1. The third kappa shape index (κ3) is 1.92. The molecule has 108 valence electrons. The first-order chi connectivity index (χ1) is 10.6. The van der Waals surface area contributed by atoms with E-state index >= 15 is 0 Å². The summed E-state index contributed by atoms with van der Waals surface area (Å²) in [6.45, 7) is 1.96. The van der Waals surface area contributed by atoms with Gasteiger partial charge in [-0.3, -0.25) is 4.40 Å². The molecule has 1 aromatic carbocycles. The van der Waals surface area contributed by atoms with Crippen molar-refractivity contribution in [2.45, 2.75) is 6.92 Å². The Morgan fingerprint density at radius 1 is 1.23 bits per heavy atom. The Kier molecular flexibility index (Phi) is 2.80. The fourth-order valence-corrected chi connectivity index (χ4v) is 2.69. The van der Waals surface area contributed by atoms with Crippen LogP contribution in [0.1, 0.15) is 5.69 Å². The topological polar surface area (TPSA) is 56.0 Å². The largest absolute Gasteiger partial charge is 0.286 e. The minimum atomic E-state index is -0.510. The fraction of sp³-hybridized carbons (Fsp3) is 0.0667. The highest BCUT2D eigenvalue weighted by Crippen LogP contribution is 2.28. The molecule has 0 N–H and O–H groups in total. The van der Waals surface area contributed by atoms with E-state index in [0.29, 0.717) is 5.56 Å². The van der Waals surface area contributed by atoms with Crippen molar-refractivity contribution in [3.8, 4) is 11.3 Å². The Morgan fingerprint density at radius 3 is 2.95 bits per heavy atom. The summed E-state index contributed by atoms with van der Waals surface area (Å²) < 4.78 is 15.8. The molecule has 0 unspecified atom stereocenters. The van der Waals surface area contributed by atoms with Gasteiger partial charge in [0.2, 0.25) is 5.28 Å². The van der Waals surface area contributed by atoms with Gasteiger partial charge in [-0.15, -0.1) is 10.2 Å². The van der Waals surface area contributed by atoms with E-state index in [1.807, 2.05) is 29.5 Å². The van der Waals surface area contributed by atoms with Crippen molar-refractivity contribution >= 4 is 28.0 Å². The van der Waals surface area contributed by atoms with Crippen molar-refractivity contribution in [1.82, 2.24) is 24.6 Å². The van der Waals surface area contributed by atoms with Crippen LogP contribution in [0.3, 0.4) is 0 Å². The number of rotatable bonds is 1. The third-order valence-corrected chi connectivity index (χ3v) is 3.75. The van der Waals surface area contributed by atoms with Crippen LogP contribution in [-0.2, 0) is 0 Å². The average molecular weight is 314 g/mol. The average Bonchev–Trinajstić information content (AvgIpc) is 3.00. The Balaban J connectivity index is 2.01. The SMILES string of the molecule is Cc1cc2cc(-c3nc(Cl)ncc3F)ccc2c2nncn12. The van der Waals surface area contributed by atoms with Gasteiger partial charge in [-0.2, -0.15) is 0 Å². The Hall–Kier alpha value is -2.60. The van der Waals surface area contributed by atoms with Crippen LogP contribution in [0.15, 0.2) is 36.8 Å². The van der Waals surface area contributed by atoms with Crippen molar-refractivity contribution in [3.05, 3.63) is 53.6 Å². The number of pyridine rings is 1. The number of hydrogen-bond acceptors (Lipinski definition) is 4. The van der Waals surface area contributed by atoms with E-state index in [9.17, 15) is 4.39 Å². The summed E-state index contributed by atoms with van der Waals surface area (Å²) in [5, 5.41) is 9.95. The standard InChI is InChI=1S/C15H9ClFN5/c1-8-4-10-5-9(13-12(17)6-18-15(16)20-13)2-3-11(10)14-21-19-7-22(8)14/h2-7H,1H3. The van der Waals surface area contributed by atoms with Crippen LogP contribution in [0.2, 0.25) is 5.28 Å². The Labute approximate surface area is 129 Å². The van der Waals surface area contributed by atoms with Crippen molar-refractivity contribution in [3.63, 3.8) is 0 Å². The highest BCUT2D eigenvalue weighted by molar-refractivity contribution is 6.28. The van der Waals surface area contributed by atoms with Gasteiger partial charge in [0.1, 0.15) is 12.0 Å². The summed E-state index contributed by atoms with van der Waals surface area (Å²) in [4.78, 5) is 7.60. The summed E-state index contributed by atoms with van der Waals surface area (Å²) in [5.41, 5.74) is 2.58. The quantitative estimate of drug-likeness (QED) is 0.505. The lowest BCUT2D eigenvalue weighted by Gasteiger charge is -2.07. The number of aryl methyl sites for hydroxylation is 1. The molecule has 0 saturated heterocycles. The third-order valence-electron chi connectivity index (χ3n) is 3.57. The van der Waals surface area contributed by atoms with E-state index in [4.69, 9.17) is 11.6 Å². The van der Waals surface area contributed by atoms with E-state index in [-0.39, 0.29) is 11.0 Å². The minimum absolute atomic E-state index is 0.0144. The van der Waals surface area contributed by atoms with Gasteiger partial charge < -0.3 is 0 Å². The first-order valence-electron chi connectivity index (χ1n) is 6.55. The molecule has 3 heterocycles. The van der Waals surface area contributed by atoms with Gasteiger partial charge in [-0.25, -0.2) is 14.4 Å². The molecular weight excluding hydrogens is 305 g/mol. The molecule has 7 heteroatoms. The second-order valence-corrected chi connectivity index (χ2v) is 5.29. The van der Waals surface area contributed by atoms with E-state index in [0.717, 1.165) is 28.3 Å². The Morgan fingerprint density at radius 2 is 2.09 bits per heavy atom. The molecule has 0 aliphatic heterocycles. The van der Waals surface area contributed by atoms with Crippen molar-refractivity contribution < 1.29 is 4.39 Å². The minimum Gasteiger partial charge on any atom is -0.286 e. The van der Waals surface area contributed by atoms with E-state index in [2.05, 4.69) is 20.2 Å². The van der Waals surface area contributed by atoms with Crippen LogP contribution in [0.4, 0.5) is 4.39 Å². The van der Waals surface area contributed by atoms with E-state index in [1.165, 1.54) is 0 Å². The van der Waals surface area contributed by atoms with Gasteiger partial charge in [0.15, 0.2) is 11.5 Å². The van der Waals surface area contributed by atoms with Crippen LogP contribution < -0.4 is 0 Å². The molecule has 0 atom stereocenters. The zero-order valence-corrected chi connectivity index (χ0v) is 12.2. The molecule has 0 radical (unpaired) electrons. The number of hydrogen-bond donors (Lipinski definition) is 0. The van der Waals surface area contributed by atoms with Crippen LogP contribution in [0.5, 0.6) is 0 Å². The molecule has 0 saturated carbocycles. The molecule has 3 aromatic heterocycles. The monoisotopic (exact) mass is 313 g/mol. The lowest BCUT2D eigenvalue weighted by Crippen LogP contribution is -1.94. The molecule has 0 aliphatic carbocycles. The molecule has 4 aromatic rings. The summed E-state index contributed by atoms with van der Waals surface area (Å²) in [7, 11) is 0. The molecule has 5 nitrogen and oxygen atoms in total. The van der Waals surface area contributed by atoms with Crippen LogP contribution in [0, 0.1) is 12.7 Å². The van der Waals surface area contributed by atoms with E-state index < -0.39 is 5.82 Å². The first-order valence-corrected chi connectivity index (χ1v) is 6.93. The molecule has 0 aliphatic rings.